The van der Waals surface area contributed by atoms with Crippen LogP contribution < -0.4 is 11.1 Å². The van der Waals surface area contributed by atoms with E-state index in [4.69, 9.17) is 5.73 Å². The summed E-state index contributed by atoms with van der Waals surface area (Å²) in [6, 6.07) is 4.15. The molecular formula is C20H24N4O5. The molecule has 4 N–H and O–H groups in total. The van der Waals surface area contributed by atoms with Gasteiger partial charge in [0, 0.05) is 38.1 Å². The standard InChI is InChI=1S/C20H24N4O5/c21-15-5-6-23(9-12(15)10-25)8-11-1-2-13-14(7-11)20(29)24(19(13)28)16-3-4-17(26)22-18(16)27/h1-2,7,12,15-16,25H,3-6,8-10,21H2,(H,22,26,27)/t12-,15+,16?/m0/s1. The first-order valence-electron chi connectivity index (χ1n) is 9.82. The van der Waals surface area contributed by atoms with E-state index in [2.05, 4.69) is 10.2 Å². The number of hydrogen-bond acceptors (Lipinski definition) is 7. The summed E-state index contributed by atoms with van der Waals surface area (Å²) in [5, 5.41) is 11.7. The van der Waals surface area contributed by atoms with Crippen LogP contribution in [0.25, 0.3) is 0 Å². The summed E-state index contributed by atoms with van der Waals surface area (Å²) >= 11 is 0. The van der Waals surface area contributed by atoms with Crippen molar-refractivity contribution in [2.24, 2.45) is 11.7 Å². The van der Waals surface area contributed by atoms with Gasteiger partial charge in [-0.15, -0.1) is 0 Å². The van der Waals surface area contributed by atoms with Gasteiger partial charge in [0.15, 0.2) is 0 Å². The van der Waals surface area contributed by atoms with Gasteiger partial charge < -0.3 is 10.8 Å². The quantitative estimate of drug-likeness (QED) is 0.565. The molecule has 3 aliphatic rings. The molecule has 9 heteroatoms. The minimum Gasteiger partial charge on any atom is -0.396 e. The van der Waals surface area contributed by atoms with E-state index >= 15 is 0 Å². The van der Waals surface area contributed by atoms with Gasteiger partial charge in [0.1, 0.15) is 6.04 Å². The van der Waals surface area contributed by atoms with Crippen molar-refractivity contribution in [3.05, 3.63) is 34.9 Å². The first-order chi connectivity index (χ1) is 13.9. The predicted octanol–water partition coefficient (Wildman–Crippen LogP) is -0.771. The SMILES string of the molecule is N[C@@H]1CCN(Cc2ccc3c(c2)C(=O)N(C2CCC(=O)NC2=O)C3=O)C[C@H]1CO. The lowest BCUT2D eigenvalue weighted by Crippen LogP contribution is -2.54. The van der Waals surface area contributed by atoms with Crippen LogP contribution in [0.2, 0.25) is 0 Å². The Bertz CT molecular complexity index is 886. The molecule has 3 atom stereocenters. The van der Waals surface area contributed by atoms with Crippen molar-refractivity contribution in [3.63, 3.8) is 0 Å². The molecular weight excluding hydrogens is 376 g/mol. The molecule has 0 bridgehead atoms. The minimum atomic E-state index is -0.961. The number of likely N-dealkylation sites (tertiary alicyclic amines) is 1. The van der Waals surface area contributed by atoms with Crippen LogP contribution in [0.15, 0.2) is 18.2 Å². The van der Waals surface area contributed by atoms with E-state index in [1.807, 2.05) is 0 Å². The number of nitrogens with two attached hydrogens (primary N) is 1. The van der Waals surface area contributed by atoms with Crippen LogP contribution >= 0.6 is 0 Å². The van der Waals surface area contributed by atoms with Gasteiger partial charge in [0.25, 0.3) is 11.8 Å². The molecule has 0 aromatic heterocycles. The summed E-state index contributed by atoms with van der Waals surface area (Å²) in [6.45, 7) is 2.08. The van der Waals surface area contributed by atoms with E-state index < -0.39 is 29.7 Å². The molecule has 1 aromatic rings. The van der Waals surface area contributed by atoms with Gasteiger partial charge in [-0.3, -0.25) is 34.3 Å². The number of nitrogens with zero attached hydrogens (tertiary/aromatic N) is 2. The molecule has 4 rings (SSSR count). The average Bonchev–Trinajstić information content (AvgIpc) is 2.94. The molecule has 3 aliphatic heterocycles. The van der Waals surface area contributed by atoms with E-state index in [1.165, 1.54) is 0 Å². The maximum atomic E-state index is 12.9. The highest BCUT2D eigenvalue weighted by atomic mass is 16.3. The molecule has 9 nitrogen and oxygen atoms in total. The van der Waals surface area contributed by atoms with Gasteiger partial charge in [-0.2, -0.15) is 0 Å². The third kappa shape index (κ3) is 3.57. The molecule has 4 amide bonds. The zero-order chi connectivity index (χ0) is 20.7. The number of aliphatic hydroxyl groups is 1. The number of hydrogen-bond donors (Lipinski definition) is 3. The van der Waals surface area contributed by atoms with Crippen molar-refractivity contribution in [1.82, 2.24) is 15.1 Å². The Labute approximate surface area is 167 Å². The van der Waals surface area contributed by atoms with Crippen molar-refractivity contribution in [2.75, 3.05) is 19.7 Å². The Kier molecular flexibility index (Phi) is 5.20. The van der Waals surface area contributed by atoms with E-state index in [9.17, 15) is 24.3 Å². The van der Waals surface area contributed by atoms with Crippen molar-refractivity contribution in [3.8, 4) is 0 Å². The Balaban J connectivity index is 1.51. The largest absolute Gasteiger partial charge is 0.396 e. The lowest BCUT2D eigenvalue weighted by molar-refractivity contribution is -0.136. The zero-order valence-corrected chi connectivity index (χ0v) is 16.0. The molecule has 2 saturated heterocycles. The van der Waals surface area contributed by atoms with E-state index in [1.54, 1.807) is 18.2 Å². The minimum absolute atomic E-state index is 0.0162. The maximum absolute atomic E-state index is 12.9. The monoisotopic (exact) mass is 400 g/mol. The van der Waals surface area contributed by atoms with Gasteiger partial charge in [-0.05, 0) is 37.1 Å². The number of nitrogens with one attached hydrogen (secondary N) is 1. The van der Waals surface area contributed by atoms with Crippen LogP contribution in [0.3, 0.4) is 0 Å². The fraction of sp³-hybridized carbons (Fsp3) is 0.500. The topological polar surface area (TPSA) is 133 Å². The third-order valence-electron chi connectivity index (χ3n) is 6.02. The summed E-state index contributed by atoms with van der Waals surface area (Å²) < 4.78 is 0. The number of fused-ring (bicyclic) bond motifs is 1. The highest BCUT2D eigenvalue weighted by molar-refractivity contribution is 6.23. The van der Waals surface area contributed by atoms with Gasteiger partial charge in [-0.1, -0.05) is 6.07 Å². The molecule has 0 radical (unpaired) electrons. The summed E-state index contributed by atoms with van der Waals surface area (Å²) in [5.41, 5.74) is 7.46. The average molecular weight is 400 g/mol. The van der Waals surface area contributed by atoms with Crippen LogP contribution in [0.5, 0.6) is 0 Å². The molecule has 0 spiro atoms. The predicted molar refractivity (Wildman–Crippen MR) is 102 cm³/mol. The maximum Gasteiger partial charge on any atom is 0.262 e. The zero-order valence-electron chi connectivity index (χ0n) is 16.0. The van der Waals surface area contributed by atoms with Gasteiger partial charge in [-0.25, -0.2) is 0 Å². The number of benzene rings is 1. The van der Waals surface area contributed by atoms with Crippen LogP contribution in [0.1, 0.15) is 45.5 Å². The Morgan fingerprint density at radius 2 is 1.86 bits per heavy atom. The van der Waals surface area contributed by atoms with E-state index in [-0.39, 0.29) is 42.5 Å². The molecule has 0 aliphatic carbocycles. The van der Waals surface area contributed by atoms with Gasteiger partial charge in [0.2, 0.25) is 11.8 Å². The second-order valence-corrected chi connectivity index (χ2v) is 7.96. The summed E-state index contributed by atoms with van der Waals surface area (Å²) in [4.78, 5) is 52.3. The Morgan fingerprint density at radius 3 is 2.59 bits per heavy atom. The molecule has 1 unspecified atom stereocenters. The number of imide groups is 2. The van der Waals surface area contributed by atoms with E-state index in [0.29, 0.717) is 13.1 Å². The second kappa shape index (κ2) is 7.66. The number of carbonyl (C=O) groups excluding carboxylic acids is 4. The van der Waals surface area contributed by atoms with Crippen LogP contribution in [0, 0.1) is 5.92 Å². The third-order valence-corrected chi connectivity index (χ3v) is 6.02. The fourth-order valence-corrected chi connectivity index (χ4v) is 4.34. The molecule has 154 valence electrons. The lowest BCUT2D eigenvalue weighted by Gasteiger charge is -2.36. The number of amides is 4. The van der Waals surface area contributed by atoms with E-state index in [0.717, 1.165) is 23.4 Å². The normalized spacial score (nSPS) is 27.9. The molecule has 0 saturated carbocycles. The summed E-state index contributed by atoms with van der Waals surface area (Å²) in [5.74, 6) is -2.00. The Hall–Kier alpha value is -2.62. The van der Waals surface area contributed by atoms with Gasteiger partial charge >= 0.3 is 0 Å². The van der Waals surface area contributed by atoms with Crippen molar-refractivity contribution >= 4 is 23.6 Å². The highest BCUT2D eigenvalue weighted by Crippen LogP contribution is 2.29. The fourth-order valence-electron chi connectivity index (χ4n) is 4.34. The smallest absolute Gasteiger partial charge is 0.262 e. The number of carbonyl (C=O) groups is 4. The van der Waals surface area contributed by atoms with Crippen LogP contribution in [-0.4, -0.2) is 70.3 Å². The highest BCUT2D eigenvalue weighted by Gasteiger charge is 2.44. The number of rotatable bonds is 4. The molecule has 3 heterocycles. The molecule has 29 heavy (non-hydrogen) atoms. The first kappa shape index (κ1) is 19.7. The number of aliphatic hydroxyl groups excluding tert-OH is 1. The summed E-state index contributed by atoms with van der Waals surface area (Å²) in [6.07, 6.45) is 1.02. The number of piperidine rings is 2. The summed E-state index contributed by atoms with van der Waals surface area (Å²) in [7, 11) is 0. The second-order valence-electron chi connectivity index (χ2n) is 7.96. The van der Waals surface area contributed by atoms with Crippen LogP contribution in [-0.2, 0) is 16.1 Å². The molecule has 2 fully saturated rings. The van der Waals surface area contributed by atoms with Gasteiger partial charge in [0.05, 0.1) is 11.1 Å². The first-order valence-corrected chi connectivity index (χ1v) is 9.82. The van der Waals surface area contributed by atoms with Crippen molar-refractivity contribution < 1.29 is 24.3 Å². The van der Waals surface area contributed by atoms with Crippen molar-refractivity contribution in [1.29, 1.82) is 0 Å². The van der Waals surface area contributed by atoms with Crippen molar-refractivity contribution in [2.45, 2.75) is 37.9 Å². The lowest BCUT2D eigenvalue weighted by atomic mass is 9.93. The Morgan fingerprint density at radius 1 is 1.10 bits per heavy atom. The molecule has 1 aromatic carbocycles. The van der Waals surface area contributed by atoms with Crippen LogP contribution in [0.4, 0.5) is 0 Å².